The Balaban J connectivity index is 3.35. The Hall–Kier alpha value is -1.76. The van der Waals surface area contributed by atoms with Gasteiger partial charge in [0.15, 0.2) is 0 Å². The number of nitrogens with two attached hydrogens (primary N) is 2. The van der Waals surface area contributed by atoms with Crippen molar-refractivity contribution in [1.82, 2.24) is 0 Å². The second-order valence-electron chi connectivity index (χ2n) is 2.07. The molecule has 0 aliphatic heterocycles. The van der Waals surface area contributed by atoms with E-state index in [9.17, 15) is 4.39 Å². The Kier molecular flexibility index (Phi) is 1.65. The molecule has 4 heteroatoms. The Labute approximate surface area is 63.0 Å². The fourth-order valence-electron chi connectivity index (χ4n) is 0.704. The van der Waals surface area contributed by atoms with Gasteiger partial charge in [0, 0.05) is 0 Å². The fraction of sp³-hybridized carbons (Fsp3) is 0. The maximum atomic E-state index is 12.6. The molecule has 0 radical (unpaired) electrons. The molecule has 11 heavy (non-hydrogen) atoms. The maximum absolute atomic E-state index is 12.6. The van der Waals surface area contributed by atoms with Crippen LogP contribution in [0.1, 0.15) is 5.56 Å². The van der Waals surface area contributed by atoms with Crippen LogP contribution in [0, 0.1) is 17.1 Å². The molecule has 0 amide bonds. The van der Waals surface area contributed by atoms with Crippen LogP contribution in [0.15, 0.2) is 12.1 Å². The van der Waals surface area contributed by atoms with Gasteiger partial charge in [0.05, 0.1) is 16.9 Å². The fourth-order valence-corrected chi connectivity index (χ4v) is 0.704. The Morgan fingerprint density at radius 2 is 1.91 bits per heavy atom. The molecule has 1 aromatic rings. The van der Waals surface area contributed by atoms with Gasteiger partial charge in [-0.05, 0) is 12.1 Å². The van der Waals surface area contributed by atoms with E-state index in [-0.39, 0.29) is 16.9 Å². The lowest BCUT2D eigenvalue weighted by Crippen LogP contribution is -1.96. The van der Waals surface area contributed by atoms with E-state index in [1.165, 1.54) is 6.07 Å². The quantitative estimate of drug-likeness (QED) is 0.540. The zero-order chi connectivity index (χ0) is 8.43. The third kappa shape index (κ3) is 1.22. The number of nitrogen functional groups attached to an aromatic ring is 2. The van der Waals surface area contributed by atoms with E-state index in [1.54, 1.807) is 6.07 Å². The number of halogens is 1. The molecule has 56 valence electrons. The molecule has 1 rings (SSSR count). The topological polar surface area (TPSA) is 75.8 Å². The van der Waals surface area contributed by atoms with E-state index in [0.717, 1.165) is 6.07 Å². The predicted molar refractivity (Wildman–Crippen MR) is 39.9 cm³/mol. The molecule has 0 aromatic heterocycles. The third-order valence-corrected chi connectivity index (χ3v) is 1.29. The minimum atomic E-state index is -0.615. The highest BCUT2D eigenvalue weighted by molar-refractivity contribution is 5.61. The number of nitriles is 1. The van der Waals surface area contributed by atoms with Gasteiger partial charge in [-0.25, -0.2) is 4.39 Å². The molecule has 0 unspecified atom stereocenters. The average Bonchev–Trinajstić information content (AvgIpc) is 1.97. The molecule has 4 N–H and O–H groups in total. The highest BCUT2D eigenvalue weighted by Gasteiger charge is 2.03. The molecular weight excluding hydrogens is 145 g/mol. The molecule has 0 bridgehead atoms. The summed E-state index contributed by atoms with van der Waals surface area (Å²) < 4.78 is 12.6. The summed E-state index contributed by atoms with van der Waals surface area (Å²) in [6, 6.07) is 3.99. The van der Waals surface area contributed by atoms with Crippen molar-refractivity contribution in [1.29, 1.82) is 5.26 Å². The van der Waals surface area contributed by atoms with Crippen molar-refractivity contribution in [3.8, 4) is 6.07 Å². The summed E-state index contributed by atoms with van der Waals surface area (Å²) in [5, 5.41) is 8.40. The predicted octanol–water partition coefficient (Wildman–Crippen LogP) is 0.862. The summed E-state index contributed by atoms with van der Waals surface area (Å²) in [6.07, 6.45) is 0. The van der Waals surface area contributed by atoms with Crippen LogP contribution < -0.4 is 11.5 Å². The van der Waals surface area contributed by atoms with E-state index in [2.05, 4.69) is 0 Å². The van der Waals surface area contributed by atoms with Crippen molar-refractivity contribution in [3.63, 3.8) is 0 Å². The van der Waals surface area contributed by atoms with Crippen molar-refractivity contribution in [2.45, 2.75) is 0 Å². The van der Waals surface area contributed by atoms with Gasteiger partial charge in [-0.1, -0.05) is 0 Å². The van der Waals surface area contributed by atoms with Crippen molar-refractivity contribution in [3.05, 3.63) is 23.5 Å². The first-order chi connectivity index (χ1) is 5.15. The Morgan fingerprint density at radius 3 is 2.45 bits per heavy atom. The maximum Gasteiger partial charge on any atom is 0.147 e. The van der Waals surface area contributed by atoms with Gasteiger partial charge in [-0.2, -0.15) is 5.26 Å². The van der Waals surface area contributed by atoms with Crippen LogP contribution in [0.2, 0.25) is 0 Å². The number of hydrogen-bond donors (Lipinski definition) is 2. The van der Waals surface area contributed by atoms with Crippen LogP contribution in [0.4, 0.5) is 15.8 Å². The Bertz CT molecular complexity index is 327. The second-order valence-corrected chi connectivity index (χ2v) is 2.07. The first-order valence-corrected chi connectivity index (χ1v) is 2.89. The Morgan fingerprint density at radius 1 is 1.27 bits per heavy atom. The number of anilines is 2. The standard InChI is InChI=1S/C7H6FN3/c8-5-1-4(3-9)6(10)2-7(5)11/h1-2H,10-11H2. The first kappa shape index (κ1) is 7.35. The zero-order valence-corrected chi connectivity index (χ0v) is 5.63. The molecule has 0 aliphatic carbocycles. The van der Waals surface area contributed by atoms with Crippen molar-refractivity contribution < 1.29 is 4.39 Å². The minimum Gasteiger partial charge on any atom is -0.398 e. The van der Waals surface area contributed by atoms with E-state index in [0.29, 0.717) is 0 Å². The van der Waals surface area contributed by atoms with Gasteiger partial charge < -0.3 is 11.5 Å². The molecule has 3 nitrogen and oxygen atoms in total. The van der Waals surface area contributed by atoms with Crippen LogP contribution in [0.5, 0.6) is 0 Å². The van der Waals surface area contributed by atoms with E-state index in [1.807, 2.05) is 0 Å². The lowest BCUT2D eigenvalue weighted by atomic mass is 10.2. The summed E-state index contributed by atoms with van der Waals surface area (Å²) >= 11 is 0. The first-order valence-electron chi connectivity index (χ1n) is 2.89. The molecule has 0 heterocycles. The molecule has 1 aromatic carbocycles. The third-order valence-electron chi connectivity index (χ3n) is 1.29. The SMILES string of the molecule is N#Cc1cc(F)c(N)cc1N. The van der Waals surface area contributed by atoms with Crippen LogP contribution in [-0.4, -0.2) is 0 Å². The average molecular weight is 151 g/mol. The molecule has 0 aliphatic rings. The summed E-state index contributed by atoms with van der Waals surface area (Å²) in [4.78, 5) is 0. The van der Waals surface area contributed by atoms with Crippen LogP contribution in [0.3, 0.4) is 0 Å². The van der Waals surface area contributed by atoms with E-state index < -0.39 is 5.82 Å². The summed E-state index contributed by atoms with van der Waals surface area (Å²) in [6.45, 7) is 0. The number of hydrogen-bond acceptors (Lipinski definition) is 3. The lowest BCUT2D eigenvalue weighted by Gasteiger charge is -1.99. The largest absolute Gasteiger partial charge is 0.398 e. The normalized spacial score (nSPS) is 9.09. The van der Waals surface area contributed by atoms with Crippen molar-refractivity contribution in [2.75, 3.05) is 11.5 Å². The lowest BCUT2D eigenvalue weighted by molar-refractivity contribution is 0.632. The molecule has 0 atom stereocenters. The smallest absolute Gasteiger partial charge is 0.147 e. The minimum absolute atomic E-state index is 0.0403. The van der Waals surface area contributed by atoms with Gasteiger partial charge in [-0.15, -0.1) is 0 Å². The van der Waals surface area contributed by atoms with Crippen molar-refractivity contribution in [2.24, 2.45) is 0 Å². The molecule has 0 saturated carbocycles. The highest BCUT2D eigenvalue weighted by Crippen LogP contribution is 2.18. The highest BCUT2D eigenvalue weighted by atomic mass is 19.1. The zero-order valence-electron chi connectivity index (χ0n) is 5.63. The number of benzene rings is 1. The summed E-state index contributed by atoms with van der Waals surface area (Å²) in [7, 11) is 0. The molecule has 0 saturated heterocycles. The molecule has 0 spiro atoms. The second kappa shape index (κ2) is 2.46. The van der Waals surface area contributed by atoms with Crippen LogP contribution in [0.25, 0.3) is 0 Å². The van der Waals surface area contributed by atoms with E-state index >= 15 is 0 Å². The van der Waals surface area contributed by atoms with E-state index in [4.69, 9.17) is 16.7 Å². The van der Waals surface area contributed by atoms with Crippen molar-refractivity contribution >= 4 is 11.4 Å². The van der Waals surface area contributed by atoms with Gasteiger partial charge in [0.1, 0.15) is 11.9 Å². The number of nitrogens with zero attached hydrogens (tertiary/aromatic N) is 1. The molecule has 0 fully saturated rings. The number of rotatable bonds is 0. The van der Waals surface area contributed by atoms with Gasteiger partial charge >= 0.3 is 0 Å². The monoisotopic (exact) mass is 151 g/mol. The summed E-state index contributed by atoms with van der Waals surface area (Å²) in [5.41, 5.74) is 10.8. The van der Waals surface area contributed by atoms with Crippen LogP contribution >= 0.6 is 0 Å². The van der Waals surface area contributed by atoms with Gasteiger partial charge in [0.25, 0.3) is 0 Å². The molecular formula is C7H6FN3. The summed E-state index contributed by atoms with van der Waals surface area (Å²) in [5.74, 6) is -0.615. The van der Waals surface area contributed by atoms with Crippen LogP contribution in [-0.2, 0) is 0 Å². The van der Waals surface area contributed by atoms with Gasteiger partial charge in [-0.3, -0.25) is 0 Å². The van der Waals surface area contributed by atoms with Gasteiger partial charge in [0.2, 0.25) is 0 Å².